The smallest absolute Gasteiger partial charge is 0.186 e. The number of aryl methyl sites for hydroxylation is 1. The second-order valence-corrected chi connectivity index (χ2v) is 4.95. The highest BCUT2D eigenvalue weighted by atomic mass is 35.5. The lowest BCUT2D eigenvalue weighted by Gasteiger charge is -2.28. The van der Waals surface area contributed by atoms with Crippen molar-refractivity contribution in [3.63, 3.8) is 0 Å². The summed E-state index contributed by atoms with van der Waals surface area (Å²) < 4.78 is 13.9. The van der Waals surface area contributed by atoms with Crippen LogP contribution in [0.4, 0.5) is 10.2 Å². The molecule has 1 aromatic rings. The monoisotopic (exact) mass is 257 g/mol. The first-order chi connectivity index (χ1) is 8.22. The highest BCUT2D eigenvalue weighted by molar-refractivity contribution is 6.21. The van der Waals surface area contributed by atoms with Gasteiger partial charge in [0.2, 0.25) is 0 Å². The van der Waals surface area contributed by atoms with Crippen molar-refractivity contribution in [2.75, 3.05) is 5.32 Å². The Kier molecular flexibility index (Phi) is 4.15. The molecule has 1 fully saturated rings. The summed E-state index contributed by atoms with van der Waals surface area (Å²) in [6.07, 6.45) is 6.20. The molecule has 1 N–H and O–H groups in total. The number of alkyl halides is 1. The topological polar surface area (TPSA) is 37.8 Å². The highest BCUT2D eigenvalue weighted by Crippen LogP contribution is 2.26. The normalized spacial score (nSPS) is 24.6. The van der Waals surface area contributed by atoms with Crippen molar-refractivity contribution in [2.24, 2.45) is 0 Å². The molecule has 94 valence electrons. The Bertz CT molecular complexity index is 386. The molecular weight excluding hydrogens is 241 g/mol. The molecule has 1 aliphatic carbocycles. The van der Waals surface area contributed by atoms with Crippen LogP contribution in [-0.4, -0.2) is 21.4 Å². The first-order valence-electron chi connectivity index (χ1n) is 6.12. The molecule has 0 saturated heterocycles. The second kappa shape index (κ2) is 5.63. The van der Waals surface area contributed by atoms with E-state index in [0.29, 0.717) is 12.1 Å². The molecular formula is C12H17ClFN3. The number of rotatable bonds is 3. The number of aromatic nitrogens is 2. The van der Waals surface area contributed by atoms with Crippen LogP contribution in [0.1, 0.15) is 38.3 Å². The zero-order valence-electron chi connectivity index (χ0n) is 9.92. The summed E-state index contributed by atoms with van der Waals surface area (Å²) in [6, 6.07) is 0.111. The molecule has 0 aromatic carbocycles. The molecule has 17 heavy (non-hydrogen) atoms. The highest BCUT2D eigenvalue weighted by Gasteiger charge is 2.24. The summed E-state index contributed by atoms with van der Waals surface area (Å²) in [7, 11) is 0. The van der Waals surface area contributed by atoms with E-state index >= 15 is 0 Å². The van der Waals surface area contributed by atoms with Crippen LogP contribution in [0, 0.1) is 5.82 Å². The molecule has 0 radical (unpaired) electrons. The van der Waals surface area contributed by atoms with Crippen molar-refractivity contribution in [3.05, 3.63) is 17.8 Å². The number of nitrogens with one attached hydrogen (secondary N) is 1. The van der Waals surface area contributed by atoms with Crippen LogP contribution in [0.3, 0.4) is 0 Å². The summed E-state index contributed by atoms with van der Waals surface area (Å²) >= 11 is 6.23. The molecule has 2 rings (SSSR count). The van der Waals surface area contributed by atoms with Crippen LogP contribution in [0.2, 0.25) is 0 Å². The van der Waals surface area contributed by atoms with Crippen LogP contribution in [0.5, 0.6) is 0 Å². The summed E-state index contributed by atoms with van der Waals surface area (Å²) in [6.45, 7) is 1.88. The maximum absolute atomic E-state index is 13.9. The van der Waals surface area contributed by atoms with E-state index in [1.54, 1.807) is 0 Å². The molecule has 5 heteroatoms. The number of hydrogen-bond acceptors (Lipinski definition) is 3. The standard InChI is InChI=1S/C12H17ClFN3/c1-2-9-11(14)12(16-7-15-9)17-10-6-4-3-5-8(10)13/h7-8,10H,2-6H2,1H3,(H,15,16,17). The van der Waals surface area contributed by atoms with Gasteiger partial charge in [-0.15, -0.1) is 11.6 Å². The predicted molar refractivity (Wildman–Crippen MR) is 66.9 cm³/mol. The number of anilines is 1. The Morgan fingerprint density at radius 3 is 2.88 bits per heavy atom. The van der Waals surface area contributed by atoms with Gasteiger partial charge in [-0.1, -0.05) is 19.8 Å². The van der Waals surface area contributed by atoms with Crippen LogP contribution in [0.25, 0.3) is 0 Å². The first-order valence-corrected chi connectivity index (χ1v) is 6.56. The van der Waals surface area contributed by atoms with E-state index in [-0.39, 0.29) is 23.1 Å². The number of hydrogen-bond donors (Lipinski definition) is 1. The van der Waals surface area contributed by atoms with E-state index in [9.17, 15) is 4.39 Å². The van der Waals surface area contributed by atoms with Gasteiger partial charge in [0.1, 0.15) is 6.33 Å². The Hall–Kier alpha value is -0.900. The van der Waals surface area contributed by atoms with E-state index < -0.39 is 0 Å². The quantitative estimate of drug-likeness (QED) is 0.846. The van der Waals surface area contributed by atoms with Crippen molar-refractivity contribution in [1.29, 1.82) is 0 Å². The molecule has 1 aliphatic rings. The minimum atomic E-state index is -0.343. The van der Waals surface area contributed by atoms with Crippen molar-refractivity contribution in [3.8, 4) is 0 Å². The van der Waals surface area contributed by atoms with E-state index in [2.05, 4.69) is 15.3 Å². The van der Waals surface area contributed by atoms with Gasteiger partial charge in [-0.3, -0.25) is 0 Å². The SMILES string of the molecule is CCc1ncnc(NC2CCCCC2Cl)c1F. The van der Waals surface area contributed by atoms with Gasteiger partial charge < -0.3 is 5.32 Å². The van der Waals surface area contributed by atoms with Gasteiger partial charge in [-0.25, -0.2) is 14.4 Å². The molecule has 1 aromatic heterocycles. The largest absolute Gasteiger partial charge is 0.363 e. The average Bonchev–Trinajstić information content (AvgIpc) is 2.34. The van der Waals surface area contributed by atoms with E-state index in [4.69, 9.17) is 11.6 Å². The van der Waals surface area contributed by atoms with Crippen molar-refractivity contribution < 1.29 is 4.39 Å². The molecule has 0 aliphatic heterocycles. The third kappa shape index (κ3) is 2.86. The van der Waals surface area contributed by atoms with Crippen LogP contribution >= 0.6 is 11.6 Å². The van der Waals surface area contributed by atoms with E-state index in [1.807, 2.05) is 6.92 Å². The molecule has 0 amide bonds. The van der Waals surface area contributed by atoms with E-state index in [0.717, 1.165) is 25.7 Å². The second-order valence-electron chi connectivity index (χ2n) is 4.39. The molecule has 3 nitrogen and oxygen atoms in total. The average molecular weight is 258 g/mol. The fourth-order valence-corrected chi connectivity index (χ4v) is 2.52. The van der Waals surface area contributed by atoms with Gasteiger partial charge >= 0.3 is 0 Å². The molecule has 0 spiro atoms. The minimum absolute atomic E-state index is 0.0585. The van der Waals surface area contributed by atoms with Crippen molar-refractivity contribution >= 4 is 17.4 Å². The minimum Gasteiger partial charge on any atom is -0.363 e. The van der Waals surface area contributed by atoms with E-state index in [1.165, 1.54) is 6.33 Å². The van der Waals surface area contributed by atoms with Crippen LogP contribution in [0.15, 0.2) is 6.33 Å². The maximum Gasteiger partial charge on any atom is 0.186 e. The molecule has 0 bridgehead atoms. The summed E-state index contributed by atoms with van der Waals surface area (Å²) in [5.74, 6) is -0.0566. The summed E-state index contributed by atoms with van der Waals surface area (Å²) in [4.78, 5) is 7.87. The zero-order valence-corrected chi connectivity index (χ0v) is 10.7. The lowest BCUT2D eigenvalue weighted by Crippen LogP contribution is -2.33. The van der Waals surface area contributed by atoms with Crippen molar-refractivity contribution in [2.45, 2.75) is 50.4 Å². The molecule has 2 unspecified atom stereocenters. The fraction of sp³-hybridized carbons (Fsp3) is 0.667. The first kappa shape index (κ1) is 12.6. The Morgan fingerprint density at radius 1 is 1.41 bits per heavy atom. The summed E-state index contributed by atoms with van der Waals surface area (Å²) in [5.41, 5.74) is 0.449. The van der Waals surface area contributed by atoms with Gasteiger partial charge in [0.05, 0.1) is 11.1 Å². The number of nitrogens with zero attached hydrogens (tertiary/aromatic N) is 2. The maximum atomic E-state index is 13.9. The third-order valence-electron chi connectivity index (χ3n) is 3.20. The molecule has 1 heterocycles. The lowest BCUT2D eigenvalue weighted by atomic mass is 9.95. The van der Waals surface area contributed by atoms with Crippen LogP contribution < -0.4 is 5.32 Å². The van der Waals surface area contributed by atoms with Gasteiger partial charge in [-0.05, 0) is 19.3 Å². The van der Waals surface area contributed by atoms with Crippen molar-refractivity contribution in [1.82, 2.24) is 9.97 Å². The molecule has 1 saturated carbocycles. The lowest BCUT2D eigenvalue weighted by molar-refractivity contribution is 0.465. The van der Waals surface area contributed by atoms with Gasteiger partial charge in [0, 0.05) is 6.04 Å². The van der Waals surface area contributed by atoms with Gasteiger partial charge in [0.25, 0.3) is 0 Å². The molecule has 2 atom stereocenters. The Morgan fingerprint density at radius 2 is 2.18 bits per heavy atom. The van der Waals surface area contributed by atoms with Gasteiger partial charge in [0.15, 0.2) is 11.6 Å². The fourth-order valence-electron chi connectivity index (χ4n) is 2.18. The Labute approximate surface area is 106 Å². The predicted octanol–water partition coefficient (Wildman–Crippen LogP) is 3.14. The Balaban J connectivity index is 2.12. The van der Waals surface area contributed by atoms with Crippen LogP contribution in [-0.2, 0) is 6.42 Å². The number of halogens is 2. The van der Waals surface area contributed by atoms with Gasteiger partial charge in [-0.2, -0.15) is 0 Å². The third-order valence-corrected chi connectivity index (χ3v) is 3.72. The summed E-state index contributed by atoms with van der Waals surface area (Å²) in [5, 5.41) is 3.17. The zero-order chi connectivity index (χ0) is 12.3.